The van der Waals surface area contributed by atoms with Crippen LogP contribution in [0, 0.1) is 5.92 Å². The molecule has 0 aliphatic carbocycles. The average molecular weight is 526 g/mol. The van der Waals surface area contributed by atoms with Crippen molar-refractivity contribution in [2.45, 2.75) is 34.6 Å². The Hall–Kier alpha value is -1.03. The van der Waals surface area contributed by atoms with E-state index >= 15 is 0 Å². The number of carbonyl (C=O) groups is 1. The number of rotatable bonds is 5. The van der Waals surface area contributed by atoms with Crippen molar-refractivity contribution in [3.05, 3.63) is 41.1 Å². The molecule has 1 aromatic heterocycles. The molecule has 3 heterocycles. The molecule has 156 valence electrons. The minimum atomic E-state index is -0.733. The lowest BCUT2D eigenvalue weighted by Gasteiger charge is -2.39. The van der Waals surface area contributed by atoms with Crippen LogP contribution in [-0.2, 0) is 19.5 Å². The Morgan fingerprint density at radius 1 is 1.45 bits per heavy atom. The Kier molecular flexibility index (Phi) is 6.30. The summed E-state index contributed by atoms with van der Waals surface area (Å²) >= 11 is 3.96. The van der Waals surface area contributed by atoms with E-state index in [0.717, 1.165) is 48.6 Å². The van der Waals surface area contributed by atoms with Crippen molar-refractivity contribution in [3.63, 3.8) is 0 Å². The van der Waals surface area contributed by atoms with Crippen LogP contribution in [-0.4, -0.2) is 53.5 Å². The average Bonchev–Trinajstić information content (AvgIpc) is 3.08. The van der Waals surface area contributed by atoms with Crippen LogP contribution in [0.1, 0.15) is 31.0 Å². The number of benzene rings is 1. The van der Waals surface area contributed by atoms with Gasteiger partial charge in [0.25, 0.3) is 0 Å². The van der Waals surface area contributed by atoms with E-state index in [2.05, 4.69) is 63.7 Å². The molecular weight excluding hydrogens is 499 g/mol. The molecule has 2 aromatic rings. The van der Waals surface area contributed by atoms with Gasteiger partial charge in [0, 0.05) is 46.9 Å². The van der Waals surface area contributed by atoms with Gasteiger partial charge in [-0.05, 0) is 42.5 Å². The summed E-state index contributed by atoms with van der Waals surface area (Å²) in [4.78, 5) is 20.2. The first-order chi connectivity index (χ1) is 14.0. The highest BCUT2D eigenvalue weighted by atomic mass is 127. The van der Waals surface area contributed by atoms with Gasteiger partial charge in [-0.2, -0.15) is 0 Å². The van der Waals surface area contributed by atoms with E-state index in [9.17, 15) is 9.90 Å². The number of methoxy groups -OCH3 is 1. The Labute approximate surface area is 189 Å². The topological polar surface area (TPSA) is 65.6 Å². The van der Waals surface area contributed by atoms with Gasteiger partial charge in [0.2, 0.25) is 0 Å². The summed E-state index contributed by atoms with van der Waals surface area (Å²) < 4.78 is 4.54. The largest absolute Gasteiger partial charge is 0.468 e. The van der Waals surface area contributed by atoms with E-state index in [1.54, 1.807) is 11.8 Å². The number of aliphatic hydroxyl groups is 1. The Balaban J connectivity index is 1.86. The van der Waals surface area contributed by atoms with Gasteiger partial charge in [0.1, 0.15) is 0 Å². The van der Waals surface area contributed by atoms with Crippen LogP contribution in [0.3, 0.4) is 0 Å². The quantitative estimate of drug-likeness (QED) is 0.201. The van der Waals surface area contributed by atoms with Gasteiger partial charge < -0.3 is 14.8 Å². The smallest absolute Gasteiger partial charge is 0.327 e. The van der Waals surface area contributed by atoms with Gasteiger partial charge in [-0.15, -0.1) is 11.8 Å². The number of halogens is 1. The third-order valence-electron chi connectivity index (χ3n) is 5.91. The third kappa shape index (κ3) is 3.98. The zero-order valence-electron chi connectivity index (χ0n) is 16.8. The molecule has 1 unspecified atom stereocenters. The summed E-state index contributed by atoms with van der Waals surface area (Å²) in [5.41, 5.74) is 4.68. The lowest BCUT2D eigenvalue weighted by Crippen LogP contribution is -2.43. The number of esters is 1. The van der Waals surface area contributed by atoms with Crippen LogP contribution < -0.4 is 0 Å². The first-order valence-corrected chi connectivity index (χ1v) is 12.1. The second kappa shape index (κ2) is 8.61. The molecule has 0 amide bonds. The van der Waals surface area contributed by atoms with Crippen molar-refractivity contribution in [2.75, 3.05) is 32.6 Å². The highest BCUT2D eigenvalue weighted by Gasteiger charge is 2.46. The highest BCUT2D eigenvalue weighted by Crippen LogP contribution is 2.46. The first kappa shape index (κ1) is 21.2. The number of nitrogens with one attached hydrogen (secondary N) is 1. The van der Waals surface area contributed by atoms with Crippen LogP contribution in [0.4, 0.5) is 0 Å². The van der Waals surface area contributed by atoms with Crippen LogP contribution in [0.5, 0.6) is 0 Å². The number of aromatic nitrogens is 1. The van der Waals surface area contributed by atoms with Crippen molar-refractivity contribution >= 4 is 51.2 Å². The number of carbonyl (C=O) groups excluding carboxylic acids is 1. The number of alkyl halides is 1. The van der Waals surface area contributed by atoms with Crippen molar-refractivity contribution < 1.29 is 14.6 Å². The van der Waals surface area contributed by atoms with Gasteiger partial charge in [0.05, 0.1) is 13.7 Å². The normalized spacial score (nSPS) is 26.4. The molecule has 1 aromatic carbocycles. The zero-order chi connectivity index (χ0) is 20.6. The molecule has 29 heavy (non-hydrogen) atoms. The van der Waals surface area contributed by atoms with Crippen LogP contribution in [0.25, 0.3) is 10.9 Å². The monoisotopic (exact) mass is 526 g/mol. The van der Waals surface area contributed by atoms with E-state index in [1.807, 2.05) is 0 Å². The number of hydrogen-bond donors (Lipinski definition) is 2. The maximum Gasteiger partial charge on any atom is 0.327 e. The molecule has 0 saturated carbocycles. The second-order valence-electron chi connectivity index (χ2n) is 7.86. The van der Waals surface area contributed by atoms with Gasteiger partial charge in [-0.3, -0.25) is 9.69 Å². The Bertz CT molecular complexity index is 957. The predicted octanol–water partition coefficient (Wildman–Crippen LogP) is 4.23. The number of nitrogens with zero attached hydrogens (tertiary/aromatic N) is 1. The van der Waals surface area contributed by atoms with E-state index in [-0.39, 0.29) is 12.6 Å². The van der Waals surface area contributed by atoms with Crippen LogP contribution >= 0.6 is 34.4 Å². The molecule has 4 rings (SSSR count). The summed E-state index contributed by atoms with van der Waals surface area (Å²) in [5, 5.41) is 10.3. The van der Waals surface area contributed by atoms with Crippen LogP contribution in [0.15, 0.2) is 34.7 Å². The molecule has 2 bridgehead atoms. The lowest BCUT2D eigenvalue weighted by molar-refractivity contribution is -0.143. The molecule has 0 spiro atoms. The summed E-state index contributed by atoms with van der Waals surface area (Å²) in [7, 11) is 1.48. The van der Waals surface area contributed by atoms with Crippen molar-refractivity contribution in [2.24, 2.45) is 5.92 Å². The molecule has 5 nitrogen and oxygen atoms in total. The zero-order valence-corrected chi connectivity index (χ0v) is 19.8. The van der Waals surface area contributed by atoms with E-state index < -0.39 is 3.42 Å². The Morgan fingerprint density at radius 2 is 2.28 bits per heavy atom. The maximum absolute atomic E-state index is 13.0. The van der Waals surface area contributed by atoms with Crippen molar-refractivity contribution in [3.8, 4) is 0 Å². The fraction of sp³-hybridized carbons (Fsp3) is 0.500. The summed E-state index contributed by atoms with van der Waals surface area (Å²) in [6, 6.07) is 6.36. The van der Waals surface area contributed by atoms with E-state index in [1.165, 1.54) is 23.6 Å². The number of aliphatic hydroxyl groups excluding tert-OH is 1. The number of ether oxygens (including phenoxy) is 1. The fourth-order valence-corrected chi connectivity index (χ4v) is 6.55. The lowest BCUT2D eigenvalue weighted by atomic mass is 9.84. The number of H-pyrrole nitrogens is 1. The first-order valence-electron chi connectivity index (χ1n) is 10.1. The van der Waals surface area contributed by atoms with Gasteiger partial charge in [0.15, 0.2) is 3.42 Å². The number of hydrogen-bond acceptors (Lipinski definition) is 5. The van der Waals surface area contributed by atoms with E-state index in [4.69, 9.17) is 4.74 Å². The molecular formula is C22H27IN2O3S. The summed E-state index contributed by atoms with van der Waals surface area (Å²) in [6.45, 7) is 5.14. The van der Waals surface area contributed by atoms with Crippen molar-refractivity contribution in [1.82, 2.24) is 9.88 Å². The van der Waals surface area contributed by atoms with Crippen LogP contribution in [0.2, 0.25) is 0 Å². The van der Waals surface area contributed by atoms with Crippen molar-refractivity contribution in [1.29, 1.82) is 0 Å². The number of thioether (sulfide) groups is 1. The molecule has 0 saturated heterocycles. The minimum Gasteiger partial charge on any atom is -0.468 e. The van der Waals surface area contributed by atoms with Gasteiger partial charge in [-0.1, -0.05) is 41.2 Å². The molecule has 2 aliphatic rings. The van der Waals surface area contributed by atoms with E-state index in [0.29, 0.717) is 11.7 Å². The molecule has 2 aliphatic heterocycles. The molecule has 0 radical (unpaired) electrons. The second-order valence-corrected chi connectivity index (χ2v) is 10.9. The number of aromatic amines is 1. The SMILES string of the molecule is CCC1=C[C@H]2CN(C1)Cc1c([nH]c3ccc(SCCO)cc13)[C@](I)(C(=O)OC)C2. The van der Waals surface area contributed by atoms with Gasteiger partial charge >= 0.3 is 5.97 Å². The Morgan fingerprint density at radius 3 is 3.00 bits per heavy atom. The third-order valence-corrected chi connectivity index (χ3v) is 8.31. The van der Waals surface area contributed by atoms with Gasteiger partial charge in [-0.25, -0.2) is 0 Å². The molecule has 3 atom stereocenters. The molecule has 2 N–H and O–H groups in total. The maximum atomic E-state index is 13.0. The molecule has 7 heteroatoms. The minimum absolute atomic E-state index is 0.161. The highest BCUT2D eigenvalue weighted by molar-refractivity contribution is 14.1. The standard InChI is InChI=1S/C22H27IN2O3S/c1-3-14-8-15-10-22(23,21(27)28-2)20-18(13-25(11-14)12-15)17-9-16(29-7-6-26)4-5-19(17)24-20/h4-5,8-9,15,24,26H,3,6-7,10-13H2,1-2H3/t15-,22+/m1/s1. The molecule has 0 fully saturated rings. The summed E-state index contributed by atoms with van der Waals surface area (Å²) in [6.07, 6.45) is 4.15. The number of fused-ring (bicyclic) bond motifs is 5. The summed E-state index contributed by atoms with van der Waals surface area (Å²) in [5.74, 6) is 0.825. The predicted molar refractivity (Wildman–Crippen MR) is 126 cm³/mol. The fourth-order valence-electron chi connectivity index (χ4n) is 4.61.